The number of carboxylic acids is 1. The van der Waals surface area contributed by atoms with E-state index in [-0.39, 0.29) is 31.9 Å². The maximum atomic E-state index is 13.9. The molecule has 1 saturated carbocycles. The Kier molecular flexibility index (Phi) is 5.11. The van der Waals surface area contributed by atoms with E-state index in [0.717, 1.165) is 12.8 Å². The molecular weight excluding hydrogens is 317 g/mol. The summed E-state index contributed by atoms with van der Waals surface area (Å²) in [6.07, 6.45) is 2.29. The van der Waals surface area contributed by atoms with Gasteiger partial charge in [0.25, 0.3) is 5.91 Å². The number of carbonyl (C=O) groups is 2. The van der Waals surface area contributed by atoms with Gasteiger partial charge in [-0.05, 0) is 37.0 Å². The molecule has 1 saturated heterocycles. The number of aliphatic carboxylic acids is 1. The van der Waals surface area contributed by atoms with Crippen LogP contribution < -0.4 is 0 Å². The van der Waals surface area contributed by atoms with Crippen molar-refractivity contribution in [3.63, 3.8) is 0 Å². The molecule has 1 unspecified atom stereocenters. The summed E-state index contributed by atoms with van der Waals surface area (Å²) in [4.78, 5) is 25.2. The van der Waals surface area contributed by atoms with Crippen LogP contribution >= 0.6 is 0 Å². The molecule has 2 fully saturated rings. The van der Waals surface area contributed by atoms with E-state index in [0.29, 0.717) is 18.1 Å². The summed E-state index contributed by atoms with van der Waals surface area (Å²) < 4.78 is 24.5. The topological polar surface area (TPSA) is 76.1 Å². The van der Waals surface area contributed by atoms with E-state index in [1.807, 2.05) is 0 Å². The minimum atomic E-state index is -1.11. The van der Waals surface area contributed by atoms with Crippen LogP contribution in [0.1, 0.15) is 28.8 Å². The number of benzene rings is 1. The SMILES string of the molecule is O=C(O)C1COCCN1C(=O)c1ccc(F)c(COCC2CC2)c1. The first-order valence-corrected chi connectivity index (χ1v) is 8.04. The fourth-order valence-electron chi connectivity index (χ4n) is 2.66. The number of ether oxygens (including phenoxy) is 2. The Balaban J connectivity index is 1.72. The average molecular weight is 337 g/mol. The highest BCUT2D eigenvalue weighted by Gasteiger charge is 2.33. The second kappa shape index (κ2) is 7.27. The zero-order chi connectivity index (χ0) is 17.1. The lowest BCUT2D eigenvalue weighted by molar-refractivity contribution is -0.147. The van der Waals surface area contributed by atoms with Gasteiger partial charge < -0.3 is 19.5 Å². The summed E-state index contributed by atoms with van der Waals surface area (Å²) in [5.74, 6) is -1.41. The molecule has 1 N–H and O–H groups in total. The lowest BCUT2D eigenvalue weighted by Gasteiger charge is -2.33. The molecule has 24 heavy (non-hydrogen) atoms. The van der Waals surface area contributed by atoms with Crippen LogP contribution in [0.25, 0.3) is 0 Å². The van der Waals surface area contributed by atoms with Gasteiger partial charge in [-0.1, -0.05) is 0 Å². The molecule has 0 radical (unpaired) electrons. The van der Waals surface area contributed by atoms with Gasteiger partial charge in [0.2, 0.25) is 0 Å². The van der Waals surface area contributed by atoms with Crippen molar-refractivity contribution >= 4 is 11.9 Å². The molecule has 1 amide bonds. The van der Waals surface area contributed by atoms with Crippen LogP contribution in [0.4, 0.5) is 4.39 Å². The second-order valence-electron chi connectivity index (χ2n) is 6.19. The van der Waals surface area contributed by atoms with Crippen LogP contribution in [0.2, 0.25) is 0 Å². The van der Waals surface area contributed by atoms with Crippen LogP contribution in [-0.2, 0) is 20.9 Å². The second-order valence-corrected chi connectivity index (χ2v) is 6.19. The first-order chi connectivity index (χ1) is 11.6. The van der Waals surface area contributed by atoms with Gasteiger partial charge in [0, 0.05) is 24.3 Å². The monoisotopic (exact) mass is 337 g/mol. The largest absolute Gasteiger partial charge is 0.480 e. The van der Waals surface area contributed by atoms with Gasteiger partial charge in [0.15, 0.2) is 6.04 Å². The normalized spacial score (nSPS) is 20.9. The third-order valence-corrected chi connectivity index (χ3v) is 4.28. The van der Waals surface area contributed by atoms with Gasteiger partial charge in [-0.2, -0.15) is 0 Å². The molecule has 3 rings (SSSR count). The fourth-order valence-corrected chi connectivity index (χ4v) is 2.66. The molecule has 0 aromatic heterocycles. The number of rotatable bonds is 6. The molecule has 1 atom stereocenters. The van der Waals surface area contributed by atoms with E-state index < -0.39 is 23.7 Å². The third-order valence-electron chi connectivity index (χ3n) is 4.28. The number of halogens is 1. The van der Waals surface area contributed by atoms with Crippen LogP contribution in [0.3, 0.4) is 0 Å². The predicted octanol–water partition coefficient (Wildman–Crippen LogP) is 1.68. The third kappa shape index (κ3) is 3.91. The molecule has 0 bridgehead atoms. The number of amides is 1. The summed E-state index contributed by atoms with van der Waals surface area (Å²) in [5, 5.41) is 9.22. The summed E-state index contributed by atoms with van der Waals surface area (Å²) >= 11 is 0. The van der Waals surface area contributed by atoms with Gasteiger partial charge in [-0.25, -0.2) is 9.18 Å². The fraction of sp³-hybridized carbons (Fsp3) is 0.529. The van der Waals surface area contributed by atoms with Gasteiger partial charge >= 0.3 is 5.97 Å². The van der Waals surface area contributed by atoms with E-state index in [1.54, 1.807) is 0 Å². The Morgan fingerprint density at radius 1 is 1.38 bits per heavy atom. The Labute approximate surface area is 139 Å². The van der Waals surface area contributed by atoms with Crippen molar-refractivity contribution in [2.75, 3.05) is 26.4 Å². The Morgan fingerprint density at radius 3 is 2.88 bits per heavy atom. The van der Waals surface area contributed by atoms with Crippen molar-refractivity contribution in [2.45, 2.75) is 25.5 Å². The van der Waals surface area contributed by atoms with E-state index in [2.05, 4.69) is 0 Å². The number of nitrogens with zero attached hydrogens (tertiary/aromatic N) is 1. The molecule has 0 spiro atoms. The smallest absolute Gasteiger partial charge is 0.328 e. The number of carbonyl (C=O) groups excluding carboxylic acids is 1. The maximum Gasteiger partial charge on any atom is 0.328 e. The summed E-state index contributed by atoms with van der Waals surface area (Å²) in [6, 6.07) is 3.01. The molecule has 130 valence electrons. The quantitative estimate of drug-likeness (QED) is 0.855. The van der Waals surface area contributed by atoms with E-state index in [9.17, 15) is 19.1 Å². The average Bonchev–Trinajstić information content (AvgIpc) is 3.40. The van der Waals surface area contributed by atoms with Crippen molar-refractivity contribution in [1.82, 2.24) is 4.90 Å². The standard InChI is InChI=1S/C17H20FNO5/c18-14-4-3-12(7-13(14)9-24-8-11-1-2-11)16(20)19-5-6-23-10-15(19)17(21)22/h3-4,7,11,15H,1-2,5-6,8-10H2,(H,21,22). The first kappa shape index (κ1) is 16.9. The van der Waals surface area contributed by atoms with Crippen LogP contribution in [0, 0.1) is 11.7 Å². The maximum absolute atomic E-state index is 13.9. The first-order valence-electron chi connectivity index (χ1n) is 8.04. The van der Waals surface area contributed by atoms with Crippen LogP contribution in [0.5, 0.6) is 0 Å². The predicted molar refractivity (Wildman–Crippen MR) is 82.1 cm³/mol. The summed E-state index contributed by atoms with van der Waals surface area (Å²) in [5.41, 5.74) is 0.566. The van der Waals surface area contributed by atoms with Crippen LogP contribution in [0.15, 0.2) is 18.2 Å². The molecule has 2 aliphatic rings. The van der Waals surface area contributed by atoms with Gasteiger partial charge in [-0.15, -0.1) is 0 Å². The highest BCUT2D eigenvalue weighted by Crippen LogP contribution is 2.29. The van der Waals surface area contributed by atoms with Crippen molar-refractivity contribution in [3.8, 4) is 0 Å². The van der Waals surface area contributed by atoms with E-state index >= 15 is 0 Å². The lowest BCUT2D eigenvalue weighted by Crippen LogP contribution is -2.52. The molecule has 1 aliphatic heterocycles. The Hall–Kier alpha value is -1.99. The minimum absolute atomic E-state index is 0.0420. The van der Waals surface area contributed by atoms with Gasteiger partial charge in [-0.3, -0.25) is 4.79 Å². The Morgan fingerprint density at radius 2 is 2.17 bits per heavy atom. The zero-order valence-corrected chi connectivity index (χ0v) is 13.2. The van der Waals surface area contributed by atoms with E-state index in [4.69, 9.17) is 9.47 Å². The van der Waals surface area contributed by atoms with Gasteiger partial charge in [0.05, 0.1) is 19.8 Å². The molecule has 7 heteroatoms. The lowest BCUT2D eigenvalue weighted by atomic mass is 10.1. The number of hydrogen-bond donors (Lipinski definition) is 1. The highest BCUT2D eigenvalue weighted by atomic mass is 19.1. The Bertz CT molecular complexity index is 631. The summed E-state index contributed by atoms with van der Waals surface area (Å²) in [6.45, 7) is 1.14. The van der Waals surface area contributed by atoms with Crippen molar-refractivity contribution in [1.29, 1.82) is 0 Å². The molecule has 6 nitrogen and oxygen atoms in total. The summed E-state index contributed by atoms with van der Waals surface area (Å²) in [7, 11) is 0. The molecule has 1 aromatic carbocycles. The van der Waals surface area contributed by atoms with Gasteiger partial charge in [0.1, 0.15) is 5.82 Å². The van der Waals surface area contributed by atoms with Crippen molar-refractivity contribution < 1.29 is 28.6 Å². The van der Waals surface area contributed by atoms with Crippen LogP contribution in [-0.4, -0.2) is 54.3 Å². The minimum Gasteiger partial charge on any atom is -0.480 e. The molecule has 1 heterocycles. The molecule has 1 aliphatic carbocycles. The zero-order valence-electron chi connectivity index (χ0n) is 13.2. The van der Waals surface area contributed by atoms with E-state index in [1.165, 1.54) is 23.1 Å². The van der Waals surface area contributed by atoms with Crippen molar-refractivity contribution in [2.24, 2.45) is 5.92 Å². The highest BCUT2D eigenvalue weighted by molar-refractivity contribution is 5.97. The van der Waals surface area contributed by atoms with Crippen molar-refractivity contribution in [3.05, 3.63) is 35.1 Å². The number of carboxylic acid groups (broad SMARTS) is 1. The molecule has 1 aromatic rings. The number of hydrogen-bond acceptors (Lipinski definition) is 4. The molecular formula is C17H20FNO5. The number of morpholine rings is 1.